The standard InChI is InChI=1S/C22H26F2N2O3/c23-21(24)15-28-19-10-5-6-16(12-19)13-25-22(27)26-14-17-7-1-4-11-20(17)29-18-8-2-3-9-18/h1,4-7,10-12,18,21H,2-3,8-9,13-15H2,(H2,25,26,27). The lowest BCUT2D eigenvalue weighted by Gasteiger charge is -2.17. The van der Waals surface area contributed by atoms with Crippen molar-refractivity contribution in [3.05, 3.63) is 59.7 Å². The molecule has 3 rings (SSSR count). The van der Waals surface area contributed by atoms with Crippen molar-refractivity contribution in [1.82, 2.24) is 10.6 Å². The lowest BCUT2D eigenvalue weighted by molar-refractivity contribution is 0.0818. The number of carbonyl (C=O) groups excluding carboxylic acids is 1. The fraction of sp³-hybridized carbons (Fsp3) is 0.409. The molecule has 7 heteroatoms. The average Bonchev–Trinajstić information content (AvgIpc) is 3.23. The number of para-hydroxylation sites is 1. The normalized spacial score (nSPS) is 14.0. The summed E-state index contributed by atoms with van der Waals surface area (Å²) in [5.74, 6) is 1.16. The molecule has 2 N–H and O–H groups in total. The van der Waals surface area contributed by atoms with E-state index in [0.717, 1.165) is 29.7 Å². The zero-order valence-corrected chi connectivity index (χ0v) is 16.2. The Hall–Kier alpha value is -2.83. The van der Waals surface area contributed by atoms with E-state index in [4.69, 9.17) is 9.47 Å². The Morgan fingerprint density at radius 1 is 1.03 bits per heavy atom. The van der Waals surface area contributed by atoms with Gasteiger partial charge in [-0.15, -0.1) is 0 Å². The Morgan fingerprint density at radius 2 is 1.79 bits per heavy atom. The first-order valence-electron chi connectivity index (χ1n) is 9.86. The van der Waals surface area contributed by atoms with Crippen LogP contribution in [0.25, 0.3) is 0 Å². The van der Waals surface area contributed by atoms with E-state index in [0.29, 0.717) is 12.3 Å². The maximum atomic E-state index is 12.2. The second-order valence-corrected chi connectivity index (χ2v) is 7.02. The molecular weight excluding hydrogens is 378 g/mol. The molecule has 0 radical (unpaired) electrons. The van der Waals surface area contributed by atoms with Gasteiger partial charge in [0.2, 0.25) is 0 Å². The predicted octanol–water partition coefficient (Wildman–Crippen LogP) is 4.65. The fourth-order valence-corrected chi connectivity index (χ4v) is 3.28. The van der Waals surface area contributed by atoms with Gasteiger partial charge < -0.3 is 20.1 Å². The first-order chi connectivity index (χ1) is 14.1. The number of carbonyl (C=O) groups is 1. The van der Waals surface area contributed by atoms with Crippen LogP contribution in [-0.4, -0.2) is 25.2 Å². The van der Waals surface area contributed by atoms with E-state index < -0.39 is 13.0 Å². The highest BCUT2D eigenvalue weighted by molar-refractivity contribution is 5.73. The van der Waals surface area contributed by atoms with Gasteiger partial charge in [-0.25, -0.2) is 13.6 Å². The van der Waals surface area contributed by atoms with E-state index in [2.05, 4.69) is 10.6 Å². The Morgan fingerprint density at radius 3 is 2.59 bits per heavy atom. The minimum Gasteiger partial charge on any atom is -0.490 e. The third-order valence-electron chi connectivity index (χ3n) is 4.74. The molecule has 0 atom stereocenters. The molecule has 0 unspecified atom stereocenters. The van der Waals surface area contributed by atoms with Crippen LogP contribution in [0, 0.1) is 0 Å². The summed E-state index contributed by atoms with van der Waals surface area (Å²) in [4.78, 5) is 12.2. The van der Waals surface area contributed by atoms with Crippen LogP contribution >= 0.6 is 0 Å². The van der Waals surface area contributed by atoms with Crippen LogP contribution in [0.3, 0.4) is 0 Å². The van der Waals surface area contributed by atoms with E-state index in [-0.39, 0.29) is 18.7 Å². The van der Waals surface area contributed by atoms with Gasteiger partial charge in [0.15, 0.2) is 0 Å². The molecule has 0 saturated heterocycles. The van der Waals surface area contributed by atoms with Crippen LogP contribution in [0.2, 0.25) is 0 Å². The number of benzene rings is 2. The molecule has 0 aliphatic heterocycles. The van der Waals surface area contributed by atoms with Crippen molar-refractivity contribution in [1.29, 1.82) is 0 Å². The number of urea groups is 1. The largest absolute Gasteiger partial charge is 0.490 e. The molecule has 2 aromatic carbocycles. The molecule has 1 aliphatic carbocycles. The molecular formula is C22H26F2N2O3. The number of alkyl halides is 2. The van der Waals surface area contributed by atoms with Gasteiger partial charge in [0.05, 0.1) is 6.10 Å². The van der Waals surface area contributed by atoms with Crippen molar-refractivity contribution in [3.8, 4) is 11.5 Å². The Kier molecular flexibility index (Phi) is 7.67. The van der Waals surface area contributed by atoms with Gasteiger partial charge in [0.1, 0.15) is 18.1 Å². The molecule has 29 heavy (non-hydrogen) atoms. The molecule has 2 aromatic rings. The maximum Gasteiger partial charge on any atom is 0.315 e. The van der Waals surface area contributed by atoms with Gasteiger partial charge in [-0.05, 0) is 49.4 Å². The lowest BCUT2D eigenvalue weighted by Crippen LogP contribution is -2.34. The van der Waals surface area contributed by atoms with E-state index in [9.17, 15) is 13.6 Å². The van der Waals surface area contributed by atoms with E-state index >= 15 is 0 Å². The monoisotopic (exact) mass is 404 g/mol. The zero-order chi connectivity index (χ0) is 20.5. The Balaban J connectivity index is 1.46. The highest BCUT2D eigenvalue weighted by atomic mass is 19.3. The molecule has 2 amide bonds. The van der Waals surface area contributed by atoms with Crippen LogP contribution in [0.4, 0.5) is 13.6 Å². The third kappa shape index (κ3) is 6.93. The summed E-state index contributed by atoms with van der Waals surface area (Å²) >= 11 is 0. The van der Waals surface area contributed by atoms with Gasteiger partial charge in [-0.1, -0.05) is 30.3 Å². The first-order valence-corrected chi connectivity index (χ1v) is 9.86. The van der Waals surface area contributed by atoms with Crippen molar-refractivity contribution in [2.45, 2.75) is 51.3 Å². The van der Waals surface area contributed by atoms with Crippen LogP contribution in [0.15, 0.2) is 48.5 Å². The van der Waals surface area contributed by atoms with Crippen LogP contribution in [0.5, 0.6) is 11.5 Å². The van der Waals surface area contributed by atoms with Gasteiger partial charge in [-0.2, -0.15) is 0 Å². The topological polar surface area (TPSA) is 59.6 Å². The number of halogens is 2. The second-order valence-electron chi connectivity index (χ2n) is 7.02. The fourth-order valence-electron chi connectivity index (χ4n) is 3.28. The molecule has 1 fully saturated rings. The van der Waals surface area contributed by atoms with E-state index in [1.807, 2.05) is 24.3 Å². The molecule has 0 spiro atoms. The molecule has 1 saturated carbocycles. The summed E-state index contributed by atoms with van der Waals surface area (Å²) in [6.07, 6.45) is 2.27. The third-order valence-corrected chi connectivity index (χ3v) is 4.74. The van der Waals surface area contributed by atoms with Gasteiger partial charge in [0.25, 0.3) is 6.43 Å². The van der Waals surface area contributed by atoms with Crippen LogP contribution in [0.1, 0.15) is 36.8 Å². The number of rotatable bonds is 9. The molecule has 156 valence electrons. The number of hydrogen-bond acceptors (Lipinski definition) is 3. The molecule has 1 aliphatic rings. The minimum atomic E-state index is -2.52. The molecule has 0 aromatic heterocycles. The van der Waals surface area contributed by atoms with Crippen molar-refractivity contribution < 1.29 is 23.0 Å². The lowest BCUT2D eigenvalue weighted by atomic mass is 10.2. The Labute approximate surface area is 169 Å². The quantitative estimate of drug-likeness (QED) is 0.640. The average molecular weight is 404 g/mol. The zero-order valence-electron chi connectivity index (χ0n) is 16.2. The summed E-state index contributed by atoms with van der Waals surface area (Å²) in [5, 5.41) is 5.59. The van der Waals surface area contributed by atoms with Crippen LogP contribution in [-0.2, 0) is 13.1 Å². The number of nitrogens with one attached hydrogen (secondary N) is 2. The van der Waals surface area contributed by atoms with Crippen molar-refractivity contribution in [3.63, 3.8) is 0 Å². The smallest absolute Gasteiger partial charge is 0.315 e. The highest BCUT2D eigenvalue weighted by Gasteiger charge is 2.17. The number of ether oxygens (including phenoxy) is 2. The second kappa shape index (κ2) is 10.6. The summed E-state index contributed by atoms with van der Waals surface area (Å²) in [7, 11) is 0. The van der Waals surface area contributed by atoms with Crippen molar-refractivity contribution in [2.75, 3.05) is 6.61 Å². The molecule has 5 nitrogen and oxygen atoms in total. The van der Waals surface area contributed by atoms with Gasteiger partial charge in [0, 0.05) is 18.7 Å². The number of hydrogen-bond donors (Lipinski definition) is 2. The summed E-state index contributed by atoms with van der Waals surface area (Å²) < 4.78 is 35.6. The van der Waals surface area contributed by atoms with Gasteiger partial charge in [-0.3, -0.25) is 0 Å². The number of amides is 2. The predicted molar refractivity (Wildman–Crippen MR) is 106 cm³/mol. The van der Waals surface area contributed by atoms with E-state index in [1.54, 1.807) is 24.3 Å². The summed E-state index contributed by atoms with van der Waals surface area (Å²) in [6, 6.07) is 14.1. The summed E-state index contributed by atoms with van der Waals surface area (Å²) in [5.41, 5.74) is 1.69. The Bertz CT molecular complexity index is 795. The summed E-state index contributed by atoms with van der Waals surface area (Å²) in [6.45, 7) is -0.0378. The van der Waals surface area contributed by atoms with Crippen molar-refractivity contribution in [2.24, 2.45) is 0 Å². The van der Waals surface area contributed by atoms with E-state index in [1.165, 1.54) is 12.8 Å². The van der Waals surface area contributed by atoms with Crippen LogP contribution < -0.4 is 20.1 Å². The molecule has 0 heterocycles. The van der Waals surface area contributed by atoms with Crippen molar-refractivity contribution >= 4 is 6.03 Å². The molecule has 0 bridgehead atoms. The minimum absolute atomic E-state index is 0.254. The first kappa shape index (κ1) is 20.9. The maximum absolute atomic E-state index is 12.2. The SMILES string of the molecule is O=C(NCc1cccc(OCC(F)F)c1)NCc1ccccc1OC1CCCC1. The van der Waals surface area contributed by atoms with Gasteiger partial charge >= 0.3 is 6.03 Å². The highest BCUT2D eigenvalue weighted by Crippen LogP contribution is 2.26.